The SMILES string of the molecule is CCCNc1ncnc(-n2nc(C)c(Cl)c2C)c1Br. The minimum atomic E-state index is 0.661. The highest BCUT2D eigenvalue weighted by Gasteiger charge is 2.16. The molecule has 0 spiro atoms. The highest BCUT2D eigenvalue weighted by Crippen LogP contribution is 2.28. The Kier molecular flexibility index (Phi) is 4.42. The first-order valence-corrected chi connectivity index (χ1v) is 7.19. The molecule has 0 fully saturated rings. The van der Waals surface area contributed by atoms with Gasteiger partial charge in [-0.25, -0.2) is 14.6 Å². The van der Waals surface area contributed by atoms with Gasteiger partial charge in [-0.3, -0.25) is 0 Å². The smallest absolute Gasteiger partial charge is 0.173 e. The van der Waals surface area contributed by atoms with Crippen LogP contribution in [-0.4, -0.2) is 26.3 Å². The Labute approximate surface area is 125 Å². The van der Waals surface area contributed by atoms with Gasteiger partial charge >= 0.3 is 0 Å². The molecule has 0 saturated carbocycles. The number of nitrogens with zero attached hydrogens (tertiary/aromatic N) is 4. The zero-order chi connectivity index (χ0) is 14.0. The van der Waals surface area contributed by atoms with Crippen LogP contribution in [0.4, 0.5) is 5.82 Å². The van der Waals surface area contributed by atoms with Crippen molar-refractivity contribution in [1.29, 1.82) is 0 Å². The predicted molar refractivity (Wildman–Crippen MR) is 80.1 cm³/mol. The summed E-state index contributed by atoms with van der Waals surface area (Å²) >= 11 is 9.69. The van der Waals surface area contributed by atoms with Crippen LogP contribution in [0.5, 0.6) is 0 Å². The lowest BCUT2D eigenvalue weighted by atomic mass is 10.4. The molecule has 0 amide bonds. The molecule has 19 heavy (non-hydrogen) atoms. The van der Waals surface area contributed by atoms with Crippen molar-refractivity contribution >= 4 is 33.3 Å². The van der Waals surface area contributed by atoms with Gasteiger partial charge in [-0.2, -0.15) is 5.10 Å². The molecule has 2 aromatic rings. The zero-order valence-electron chi connectivity index (χ0n) is 11.0. The molecule has 2 heterocycles. The highest BCUT2D eigenvalue weighted by atomic mass is 79.9. The van der Waals surface area contributed by atoms with E-state index in [9.17, 15) is 0 Å². The number of aromatic nitrogens is 4. The van der Waals surface area contributed by atoms with Gasteiger partial charge in [0.1, 0.15) is 16.6 Å². The number of hydrogen-bond donors (Lipinski definition) is 1. The van der Waals surface area contributed by atoms with E-state index in [1.54, 1.807) is 4.68 Å². The normalized spacial score (nSPS) is 10.8. The van der Waals surface area contributed by atoms with Crippen LogP contribution in [0, 0.1) is 13.8 Å². The Morgan fingerprint density at radius 3 is 2.68 bits per heavy atom. The van der Waals surface area contributed by atoms with E-state index in [4.69, 9.17) is 11.6 Å². The van der Waals surface area contributed by atoms with Crippen molar-refractivity contribution in [3.63, 3.8) is 0 Å². The monoisotopic (exact) mass is 343 g/mol. The average molecular weight is 345 g/mol. The van der Waals surface area contributed by atoms with Crippen LogP contribution in [0.15, 0.2) is 10.8 Å². The van der Waals surface area contributed by atoms with Crippen LogP contribution in [-0.2, 0) is 0 Å². The third-order valence-corrected chi connectivity index (χ3v) is 3.99. The summed E-state index contributed by atoms with van der Waals surface area (Å²) in [6.45, 7) is 6.74. The second kappa shape index (κ2) is 5.88. The number of aryl methyl sites for hydroxylation is 1. The zero-order valence-corrected chi connectivity index (χ0v) is 13.4. The predicted octanol–water partition coefficient (Wildman–Crippen LogP) is 3.52. The Morgan fingerprint density at radius 2 is 2.11 bits per heavy atom. The standard InChI is InChI=1S/C12H15BrClN5/c1-4-5-15-11-9(13)12(17-6-16-11)19-8(3)10(14)7(2)18-19/h6H,4-5H2,1-3H3,(H,15,16,17). The number of hydrogen-bond acceptors (Lipinski definition) is 4. The largest absolute Gasteiger partial charge is 0.369 e. The number of halogens is 2. The first-order chi connectivity index (χ1) is 9.06. The maximum atomic E-state index is 6.17. The minimum Gasteiger partial charge on any atom is -0.369 e. The van der Waals surface area contributed by atoms with Crippen molar-refractivity contribution in [2.75, 3.05) is 11.9 Å². The van der Waals surface area contributed by atoms with E-state index in [1.807, 2.05) is 13.8 Å². The van der Waals surface area contributed by atoms with E-state index in [0.29, 0.717) is 10.8 Å². The van der Waals surface area contributed by atoms with Crippen LogP contribution in [0.25, 0.3) is 5.82 Å². The quantitative estimate of drug-likeness (QED) is 0.922. The summed E-state index contributed by atoms with van der Waals surface area (Å²) in [5.41, 5.74) is 1.65. The molecule has 2 aromatic heterocycles. The van der Waals surface area contributed by atoms with E-state index >= 15 is 0 Å². The third-order valence-electron chi connectivity index (χ3n) is 2.72. The molecule has 0 aliphatic carbocycles. The summed E-state index contributed by atoms with van der Waals surface area (Å²) in [5, 5.41) is 8.30. The maximum absolute atomic E-state index is 6.17. The fourth-order valence-corrected chi connectivity index (χ4v) is 2.34. The molecule has 0 bridgehead atoms. The summed E-state index contributed by atoms with van der Waals surface area (Å²) in [6.07, 6.45) is 2.54. The van der Waals surface area contributed by atoms with E-state index in [-0.39, 0.29) is 0 Å². The van der Waals surface area contributed by atoms with Crippen molar-refractivity contribution in [2.45, 2.75) is 27.2 Å². The first-order valence-electron chi connectivity index (χ1n) is 6.02. The summed E-state index contributed by atoms with van der Waals surface area (Å²) < 4.78 is 2.51. The third kappa shape index (κ3) is 2.74. The van der Waals surface area contributed by atoms with Gasteiger partial charge in [-0.05, 0) is 36.2 Å². The lowest BCUT2D eigenvalue weighted by Crippen LogP contribution is -2.08. The molecular formula is C12H15BrClN5. The molecule has 0 aliphatic heterocycles. The van der Waals surface area contributed by atoms with Gasteiger partial charge in [0.25, 0.3) is 0 Å². The van der Waals surface area contributed by atoms with Gasteiger partial charge in [0, 0.05) is 6.54 Å². The van der Waals surface area contributed by atoms with Gasteiger partial charge in [-0.1, -0.05) is 18.5 Å². The Hall–Kier alpha value is -1.14. The average Bonchev–Trinajstić information content (AvgIpc) is 2.65. The topological polar surface area (TPSA) is 55.6 Å². The molecule has 0 atom stereocenters. The summed E-state index contributed by atoms with van der Waals surface area (Å²) in [5.74, 6) is 1.44. The molecule has 0 saturated heterocycles. The fraction of sp³-hybridized carbons (Fsp3) is 0.417. The van der Waals surface area contributed by atoms with E-state index in [1.165, 1.54) is 6.33 Å². The van der Waals surface area contributed by atoms with Crippen LogP contribution in [0.3, 0.4) is 0 Å². The molecule has 0 aromatic carbocycles. The van der Waals surface area contributed by atoms with E-state index in [0.717, 1.165) is 34.6 Å². The van der Waals surface area contributed by atoms with E-state index < -0.39 is 0 Å². The van der Waals surface area contributed by atoms with Crippen LogP contribution >= 0.6 is 27.5 Å². The van der Waals surface area contributed by atoms with Crippen molar-refractivity contribution < 1.29 is 0 Å². The fourth-order valence-electron chi connectivity index (χ4n) is 1.70. The van der Waals surface area contributed by atoms with Crippen molar-refractivity contribution in [3.05, 3.63) is 27.2 Å². The van der Waals surface area contributed by atoms with Crippen molar-refractivity contribution in [2.24, 2.45) is 0 Å². The molecule has 0 unspecified atom stereocenters. The van der Waals surface area contributed by atoms with Crippen LogP contribution in [0.2, 0.25) is 5.02 Å². The summed E-state index contributed by atoms with van der Waals surface area (Å²) in [4.78, 5) is 8.49. The summed E-state index contributed by atoms with van der Waals surface area (Å²) in [7, 11) is 0. The first kappa shape index (κ1) is 14.3. The highest BCUT2D eigenvalue weighted by molar-refractivity contribution is 9.10. The second-order valence-corrected chi connectivity index (χ2v) is 5.35. The Morgan fingerprint density at radius 1 is 1.37 bits per heavy atom. The summed E-state index contributed by atoms with van der Waals surface area (Å²) in [6, 6.07) is 0. The molecule has 2 rings (SSSR count). The van der Waals surface area contributed by atoms with Gasteiger partial charge in [0.15, 0.2) is 5.82 Å². The van der Waals surface area contributed by atoms with Crippen LogP contribution in [0.1, 0.15) is 24.7 Å². The Balaban J connectivity index is 2.47. The Bertz CT molecular complexity index is 596. The number of nitrogens with one attached hydrogen (secondary N) is 1. The minimum absolute atomic E-state index is 0.661. The molecule has 0 radical (unpaired) electrons. The van der Waals surface area contributed by atoms with Gasteiger partial charge in [-0.15, -0.1) is 0 Å². The molecule has 7 heteroatoms. The molecule has 0 aliphatic rings. The van der Waals surface area contributed by atoms with Gasteiger partial charge in [0.2, 0.25) is 0 Å². The lowest BCUT2D eigenvalue weighted by molar-refractivity contribution is 0.795. The van der Waals surface area contributed by atoms with Gasteiger partial charge in [0.05, 0.1) is 16.4 Å². The molecule has 102 valence electrons. The molecule has 5 nitrogen and oxygen atoms in total. The van der Waals surface area contributed by atoms with Crippen LogP contribution < -0.4 is 5.32 Å². The maximum Gasteiger partial charge on any atom is 0.173 e. The number of anilines is 1. The second-order valence-electron chi connectivity index (χ2n) is 4.18. The van der Waals surface area contributed by atoms with E-state index in [2.05, 4.69) is 43.2 Å². The van der Waals surface area contributed by atoms with Gasteiger partial charge < -0.3 is 5.32 Å². The molecular weight excluding hydrogens is 330 g/mol. The van der Waals surface area contributed by atoms with Crippen molar-refractivity contribution in [3.8, 4) is 5.82 Å². The van der Waals surface area contributed by atoms with Crippen molar-refractivity contribution in [1.82, 2.24) is 19.7 Å². The molecule has 1 N–H and O–H groups in total. The lowest BCUT2D eigenvalue weighted by Gasteiger charge is -2.10. The number of rotatable bonds is 4.